The van der Waals surface area contributed by atoms with Crippen LogP contribution in [0.4, 0.5) is 21.8 Å². The van der Waals surface area contributed by atoms with E-state index in [-0.39, 0.29) is 11.1 Å². The number of nitrogens with one attached hydrogen (secondary N) is 2. The molecule has 1 aliphatic heterocycles. The highest BCUT2D eigenvalue weighted by Gasteiger charge is 2.26. The molecule has 2 aromatic heterocycles. The Hall–Kier alpha value is -2.62. The SMILES string of the molecule is OC1CCC(NC2CCN(c3ncc4ncnc(Nc5ccc(F)c(Cl)c5)c4n3)CC2)CC1. The molecule has 1 aromatic carbocycles. The van der Waals surface area contributed by atoms with Crippen LogP contribution >= 0.6 is 11.6 Å². The number of halogens is 2. The second-order valence-corrected chi connectivity index (χ2v) is 9.22. The van der Waals surface area contributed by atoms with E-state index < -0.39 is 5.82 Å². The van der Waals surface area contributed by atoms with Gasteiger partial charge < -0.3 is 20.6 Å². The summed E-state index contributed by atoms with van der Waals surface area (Å²) < 4.78 is 13.5. The third-order valence-electron chi connectivity index (χ3n) is 6.49. The Kier molecular flexibility index (Phi) is 6.52. The predicted molar refractivity (Wildman–Crippen MR) is 126 cm³/mol. The maximum atomic E-state index is 13.5. The van der Waals surface area contributed by atoms with Crippen LogP contribution in [0.2, 0.25) is 5.02 Å². The second-order valence-electron chi connectivity index (χ2n) is 8.81. The van der Waals surface area contributed by atoms with Crippen molar-refractivity contribution in [3.8, 4) is 0 Å². The Labute approximate surface area is 196 Å². The Morgan fingerprint density at radius 1 is 1.00 bits per heavy atom. The molecule has 2 aliphatic rings. The van der Waals surface area contributed by atoms with Gasteiger partial charge in [-0.2, -0.15) is 0 Å². The minimum atomic E-state index is -0.474. The quantitative estimate of drug-likeness (QED) is 0.516. The number of aliphatic hydroxyl groups excluding tert-OH is 1. The van der Waals surface area contributed by atoms with E-state index in [9.17, 15) is 9.50 Å². The van der Waals surface area contributed by atoms with E-state index >= 15 is 0 Å². The van der Waals surface area contributed by atoms with Gasteiger partial charge in [-0.15, -0.1) is 0 Å². The normalized spacial score (nSPS) is 22.0. The number of rotatable bonds is 5. The van der Waals surface area contributed by atoms with Gasteiger partial charge in [0.25, 0.3) is 0 Å². The van der Waals surface area contributed by atoms with Crippen molar-refractivity contribution in [3.63, 3.8) is 0 Å². The number of hydrogen-bond acceptors (Lipinski definition) is 8. The van der Waals surface area contributed by atoms with Crippen LogP contribution in [0, 0.1) is 5.82 Å². The molecule has 2 fully saturated rings. The Bertz CT molecular complexity index is 1120. The minimum absolute atomic E-state index is 0.0366. The maximum Gasteiger partial charge on any atom is 0.226 e. The zero-order chi connectivity index (χ0) is 22.8. The van der Waals surface area contributed by atoms with Gasteiger partial charge >= 0.3 is 0 Å². The summed E-state index contributed by atoms with van der Waals surface area (Å²) in [6.45, 7) is 1.73. The van der Waals surface area contributed by atoms with Gasteiger partial charge in [0.1, 0.15) is 23.2 Å². The summed E-state index contributed by atoms with van der Waals surface area (Å²) in [7, 11) is 0. The lowest BCUT2D eigenvalue weighted by molar-refractivity contribution is 0.113. The number of fused-ring (bicyclic) bond motifs is 1. The average Bonchev–Trinajstić information content (AvgIpc) is 2.83. The highest BCUT2D eigenvalue weighted by atomic mass is 35.5. The van der Waals surface area contributed by atoms with E-state index in [1.807, 2.05) is 0 Å². The van der Waals surface area contributed by atoms with Crippen molar-refractivity contribution in [1.29, 1.82) is 0 Å². The Morgan fingerprint density at radius 2 is 1.76 bits per heavy atom. The summed E-state index contributed by atoms with van der Waals surface area (Å²) in [5, 5.41) is 16.7. The standard InChI is InChI=1S/C23H27ClFN7O/c24-18-11-16(3-6-19(18)25)30-22-21-20(27-13-28-22)12-26-23(31-21)32-9-7-15(8-10-32)29-14-1-4-17(33)5-2-14/h3,6,11-15,17,29,33H,1-2,4-5,7-10H2,(H,27,28,30). The van der Waals surface area contributed by atoms with Crippen LogP contribution in [-0.2, 0) is 0 Å². The minimum Gasteiger partial charge on any atom is -0.393 e. The molecular weight excluding hydrogens is 445 g/mol. The fourth-order valence-corrected chi connectivity index (χ4v) is 4.80. The van der Waals surface area contributed by atoms with Crippen molar-refractivity contribution < 1.29 is 9.50 Å². The molecule has 0 radical (unpaired) electrons. The first kappa shape index (κ1) is 22.2. The summed E-state index contributed by atoms with van der Waals surface area (Å²) in [4.78, 5) is 20.1. The molecule has 0 unspecified atom stereocenters. The van der Waals surface area contributed by atoms with Crippen LogP contribution in [0.5, 0.6) is 0 Å². The summed E-state index contributed by atoms with van der Waals surface area (Å²) in [5.41, 5.74) is 1.84. The van der Waals surface area contributed by atoms with Crippen molar-refractivity contribution in [2.45, 2.75) is 56.7 Å². The number of benzene rings is 1. The molecular formula is C23H27ClFN7O. The lowest BCUT2D eigenvalue weighted by atomic mass is 9.91. The van der Waals surface area contributed by atoms with Crippen LogP contribution in [0.15, 0.2) is 30.7 Å². The van der Waals surface area contributed by atoms with Crippen LogP contribution in [0.25, 0.3) is 11.0 Å². The van der Waals surface area contributed by atoms with Crippen molar-refractivity contribution in [2.24, 2.45) is 0 Å². The molecule has 0 bridgehead atoms. The van der Waals surface area contributed by atoms with Crippen LogP contribution in [0.3, 0.4) is 0 Å². The maximum absolute atomic E-state index is 13.5. The lowest BCUT2D eigenvalue weighted by Gasteiger charge is -2.36. The third-order valence-corrected chi connectivity index (χ3v) is 6.78. The first-order valence-corrected chi connectivity index (χ1v) is 11.8. The summed E-state index contributed by atoms with van der Waals surface area (Å²) in [6, 6.07) is 5.40. The molecule has 5 rings (SSSR count). The first-order chi connectivity index (χ1) is 16.0. The molecule has 0 atom stereocenters. The smallest absolute Gasteiger partial charge is 0.226 e. The van der Waals surface area contributed by atoms with Gasteiger partial charge in [-0.1, -0.05) is 11.6 Å². The van der Waals surface area contributed by atoms with Crippen molar-refractivity contribution in [3.05, 3.63) is 41.6 Å². The topological polar surface area (TPSA) is 99.1 Å². The first-order valence-electron chi connectivity index (χ1n) is 11.4. The fraction of sp³-hybridized carbons (Fsp3) is 0.478. The highest BCUT2D eigenvalue weighted by molar-refractivity contribution is 6.31. The molecule has 3 heterocycles. The van der Waals surface area contributed by atoms with Gasteiger partial charge in [0.15, 0.2) is 5.82 Å². The third kappa shape index (κ3) is 5.15. The number of aliphatic hydroxyl groups is 1. The molecule has 1 saturated heterocycles. The van der Waals surface area contributed by atoms with E-state index in [2.05, 4.69) is 30.5 Å². The highest BCUT2D eigenvalue weighted by Crippen LogP contribution is 2.27. The molecule has 3 aromatic rings. The van der Waals surface area contributed by atoms with Crippen LogP contribution in [0.1, 0.15) is 38.5 Å². The lowest BCUT2D eigenvalue weighted by Crippen LogP contribution is -2.47. The molecule has 174 valence electrons. The van der Waals surface area contributed by atoms with Gasteiger partial charge in [0, 0.05) is 30.9 Å². The summed E-state index contributed by atoms with van der Waals surface area (Å²) >= 11 is 5.91. The van der Waals surface area contributed by atoms with Gasteiger partial charge in [0.2, 0.25) is 5.95 Å². The predicted octanol–water partition coefficient (Wildman–Crippen LogP) is 3.82. The summed E-state index contributed by atoms with van der Waals surface area (Å²) in [5.74, 6) is 0.692. The number of nitrogens with zero attached hydrogens (tertiary/aromatic N) is 5. The van der Waals surface area contributed by atoms with Crippen LogP contribution < -0.4 is 15.5 Å². The van der Waals surface area contributed by atoms with Gasteiger partial charge in [-0.05, 0) is 56.7 Å². The van der Waals surface area contributed by atoms with Crippen molar-refractivity contribution in [1.82, 2.24) is 25.3 Å². The van der Waals surface area contributed by atoms with Crippen LogP contribution in [-0.4, -0.2) is 56.3 Å². The van der Waals surface area contributed by atoms with E-state index in [1.165, 1.54) is 18.5 Å². The molecule has 3 N–H and O–H groups in total. The molecule has 8 nitrogen and oxygen atoms in total. The average molecular weight is 472 g/mol. The molecule has 10 heteroatoms. The van der Waals surface area contributed by atoms with Crippen molar-refractivity contribution >= 4 is 40.1 Å². The van der Waals surface area contributed by atoms with Gasteiger partial charge in [-0.3, -0.25) is 0 Å². The van der Waals surface area contributed by atoms with Gasteiger partial charge in [-0.25, -0.2) is 24.3 Å². The zero-order valence-corrected chi connectivity index (χ0v) is 19.0. The largest absolute Gasteiger partial charge is 0.393 e. The number of anilines is 3. The Balaban J connectivity index is 1.27. The zero-order valence-electron chi connectivity index (χ0n) is 18.2. The summed E-state index contributed by atoms with van der Waals surface area (Å²) in [6.07, 6.45) is 8.94. The molecule has 33 heavy (non-hydrogen) atoms. The molecule has 1 saturated carbocycles. The Morgan fingerprint density at radius 3 is 2.52 bits per heavy atom. The molecule has 1 aliphatic carbocycles. The van der Waals surface area contributed by atoms with E-state index in [0.29, 0.717) is 40.6 Å². The number of piperidine rings is 1. The van der Waals surface area contributed by atoms with E-state index in [1.54, 1.807) is 12.3 Å². The van der Waals surface area contributed by atoms with Crippen molar-refractivity contribution in [2.75, 3.05) is 23.3 Å². The fourth-order valence-electron chi connectivity index (χ4n) is 4.62. The monoisotopic (exact) mass is 471 g/mol. The molecule has 0 amide bonds. The van der Waals surface area contributed by atoms with E-state index in [4.69, 9.17) is 16.6 Å². The number of aromatic nitrogens is 4. The number of hydrogen-bond donors (Lipinski definition) is 3. The second kappa shape index (κ2) is 9.70. The molecule has 0 spiro atoms. The van der Waals surface area contributed by atoms with E-state index in [0.717, 1.165) is 51.6 Å². The van der Waals surface area contributed by atoms with Gasteiger partial charge in [0.05, 0.1) is 17.3 Å².